The second kappa shape index (κ2) is 9.35. The standard InChI is InChI=1S/C24H17N5O6/c1-14-10-11-19(21(12-14)29(34)35)26-27-22-16-7-3-2-6-15(16)13-17(23(22)30)24(31)25-18-8-4-5-9-20(18)28(32)33/h2-13,30H,1H3,(H,25,31). The van der Waals surface area contributed by atoms with Crippen molar-refractivity contribution in [2.75, 3.05) is 5.32 Å². The largest absolute Gasteiger partial charge is 0.505 e. The van der Waals surface area contributed by atoms with E-state index in [0.717, 1.165) is 0 Å². The highest BCUT2D eigenvalue weighted by Gasteiger charge is 2.22. The molecule has 0 unspecified atom stereocenters. The maximum absolute atomic E-state index is 13.0. The highest BCUT2D eigenvalue weighted by molar-refractivity contribution is 6.12. The summed E-state index contributed by atoms with van der Waals surface area (Å²) in [5, 5.41) is 45.1. The number of carbonyl (C=O) groups is 1. The molecule has 0 saturated carbocycles. The molecule has 4 aromatic carbocycles. The fraction of sp³-hybridized carbons (Fsp3) is 0.0417. The molecule has 0 atom stereocenters. The number of hydrogen-bond donors (Lipinski definition) is 2. The third kappa shape index (κ3) is 4.64. The van der Waals surface area contributed by atoms with E-state index in [-0.39, 0.29) is 34.0 Å². The van der Waals surface area contributed by atoms with Gasteiger partial charge in [-0.1, -0.05) is 42.5 Å². The van der Waals surface area contributed by atoms with Gasteiger partial charge in [-0.2, -0.15) is 0 Å². The van der Waals surface area contributed by atoms with Crippen LogP contribution in [0.25, 0.3) is 10.8 Å². The minimum Gasteiger partial charge on any atom is -0.505 e. The van der Waals surface area contributed by atoms with Gasteiger partial charge in [0.15, 0.2) is 11.4 Å². The van der Waals surface area contributed by atoms with Gasteiger partial charge in [0.1, 0.15) is 11.4 Å². The molecule has 0 aliphatic carbocycles. The van der Waals surface area contributed by atoms with Crippen LogP contribution < -0.4 is 5.32 Å². The van der Waals surface area contributed by atoms with Crippen LogP contribution in [0.15, 0.2) is 83.0 Å². The molecular weight excluding hydrogens is 454 g/mol. The molecule has 174 valence electrons. The number of nitrogens with one attached hydrogen (secondary N) is 1. The molecule has 0 aliphatic heterocycles. The molecule has 4 rings (SSSR count). The van der Waals surface area contributed by atoms with Crippen molar-refractivity contribution >= 4 is 45.1 Å². The van der Waals surface area contributed by atoms with Crippen molar-refractivity contribution in [1.82, 2.24) is 0 Å². The van der Waals surface area contributed by atoms with E-state index in [0.29, 0.717) is 16.3 Å². The number of aryl methyl sites for hydroxylation is 1. The Balaban J connectivity index is 1.81. The zero-order valence-corrected chi connectivity index (χ0v) is 18.2. The fourth-order valence-corrected chi connectivity index (χ4v) is 3.49. The van der Waals surface area contributed by atoms with Crippen molar-refractivity contribution < 1.29 is 19.7 Å². The summed E-state index contributed by atoms with van der Waals surface area (Å²) in [6, 6.07) is 18.2. The fourth-order valence-electron chi connectivity index (χ4n) is 3.49. The summed E-state index contributed by atoms with van der Waals surface area (Å²) >= 11 is 0. The first-order chi connectivity index (χ1) is 16.8. The molecule has 0 fully saturated rings. The lowest BCUT2D eigenvalue weighted by Crippen LogP contribution is -2.13. The number of azo groups is 1. The van der Waals surface area contributed by atoms with E-state index < -0.39 is 21.5 Å². The van der Waals surface area contributed by atoms with Crippen molar-refractivity contribution in [2.45, 2.75) is 6.92 Å². The predicted octanol–water partition coefficient (Wildman–Crippen LogP) is 6.34. The van der Waals surface area contributed by atoms with Gasteiger partial charge >= 0.3 is 0 Å². The molecule has 0 aromatic heterocycles. The Bertz CT molecular complexity index is 1530. The summed E-state index contributed by atoms with van der Waals surface area (Å²) in [5.74, 6) is -1.33. The molecule has 0 saturated heterocycles. The Labute approximate surface area is 197 Å². The summed E-state index contributed by atoms with van der Waals surface area (Å²) in [4.78, 5) is 34.5. The van der Waals surface area contributed by atoms with Crippen LogP contribution in [-0.4, -0.2) is 20.9 Å². The van der Waals surface area contributed by atoms with Gasteiger partial charge in [-0.3, -0.25) is 25.0 Å². The van der Waals surface area contributed by atoms with E-state index in [2.05, 4.69) is 15.5 Å². The molecule has 1 amide bonds. The molecule has 0 aliphatic rings. The average Bonchev–Trinajstić information content (AvgIpc) is 2.83. The van der Waals surface area contributed by atoms with Crippen LogP contribution in [-0.2, 0) is 0 Å². The molecule has 0 bridgehead atoms. The molecule has 2 N–H and O–H groups in total. The van der Waals surface area contributed by atoms with E-state index in [4.69, 9.17) is 0 Å². The van der Waals surface area contributed by atoms with Crippen molar-refractivity contribution in [2.24, 2.45) is 10.2 Å². The predicted molar refractivity (Wildman–Crippen MR) is 129 cm³/mol. The summed E-state index contributed by atoms with van der Waals surface area (Å²) in [5.41, 5.74) is -0.263. The number of phenols is 1. The van der Waals surface area contributed by atoms with Gasteiger partial charge in [0, 0.05) is 17.5 Å². The topological polar surface area (TPSA) is 160 Å². The van der Waals surface area contributed by atoms with Gasteiger partial charge in [-0.15, -0.1) is 10.2 Å². The Morgan fingerprint density at radius 3 is 2.31 bits per heavy atom. The van der Waals surface area contributed by atoms with E-state index in [9.17, 15) is 30.1 Å². The molecule has 11 nitrogen and oxygen atoms in total. The van der Waals surface area contributed by atoms with Crippen LogP contribution in [0, 0.1) is 27.2 Å². The van der Waals surface area contributed by atoms with E-state index in [1.807, 2.05) is 0 Å². The highest BCUT2D eigenvalue weighted by Crippen LogP contribution is 2.40. The lowest BCUT2D eigenvalue weighted by molar-refractivity contribution is -0.384. The van der Waals surface area contributed by atoms with E-state index in [1.165, 1.54) is 42.5 Å². The number of fused-ring (bicyclic) bond motifs is 1. The second-order valence-corrected chi connectivity index (χ2v) is 7.52. The number of nitro groups is 2. The molecule has 0 spiro atoms. The van der Waals surface area contributed by atoms with Crippen LogP contribution in [0.1, 0.15) is 15.9 Å². The Morgan fingerprint density at radius 2 is 1.57 bits per heavy atom. The second-order valence-electron chi connectivity index (χ2n) is 7.52. The maximum atomic E-state index is 13.0. The molecular formula is C24H17N5O6. The summed E-state index contributed by atoms with van der Waals surface area (Å²) in [6.07, 6.45) is 0. The van der Waals surface area contributed by atoms with Crippen LogP contribution in [0.2, 0.25) is 0 Å². The minimum absolute atomic E-state index is 0.0288. The molecule has 0 radical (unpaired) electrons. The number of carbonyl (C=O) groups excluding carboxylic acids is 1. The van der Waals surface area contributed by atoms with Crippen LogP contribution in [0.5, 0.6) is 5.75 Å². The zero-order valence-electron chi connectivity index (χ0n) is 18.2. The van der Waals surface area contributed by atoms with E-state index >= 15 is 0 Å². The van der Waals surface area contributed by atoms with Gasteiger partial charge in [0.05, 0.1) is 15.4 Å². The third-order valence-electron chi connectivity index (χ3n) is 5.17. The number of aromatic hydroxyl groups is 1. The monoisotopic (exact) mass is 471 g/mol. The van der Waals surface area contributed by atoms with Crippen molar-refractivity contribution in [3.8, 4) is 5.75 Å². The van der Waals surface area contributed by atoms with Gasteiger partial charge in [0.2, 0.25) is 0 Å². The first kappa shape index (κ1) is 23.0. The van der Waals surface area contributed by atoms with Gasteiger partial charge in [-0.05, 0) is 36.1 Å². The molecule has 11 heteroatoms. The number of nitro benzene ring substituents is 2. The highest BCUT2D eigenvalue weighted by atomic mass is 16.6. The van der Waals surface area contributed by atoms with Gasteiger partial charge in [0.25, 0.3) is 17.3 Å². The van der Waals surface area contributed by atoms with E-state index in [1.54, 1.807) is 37.3 Å². The molecule has 35 heavy (non-hydrogen) atoms. The quantitative estimate of drug-likeness (QED) is 0.189. The van der Waals surface area contributed by atoms with Gasteiger partial charge < -0.3 is 10.4 Å². The number of benzene rings is 4. The number of nitrogens with zero attached hydrogens (tertiary/aromatic N) is 4. The number of phenolic OH excluding ortho intramolecular Hbond substituents is 1. The Hall–Kier alpha value is -5.19. The third-order valence-corrected chi connectivity index (χ3v) is 5.17. The number of anilines is 1. The number of amides is 1. The average molecular weight is 471 g/mol. The minimum atomic E-state index is -0.805. The summed E-state index contributed by atoms with van der Waals surface area (Å²) in [6.45, 7) is 1.70. The normalized spacial score (nSPS) is 11.0. The zero-order chi connectivity index (χ0) is 25.1. The van der Waals surface area contributed by atoms with Gasteiger partial charge in [-0.25, -0.2) is 0 Å². The van der Waals surface area contributed by atoms with Crippen LogP contribution >= 0.6 is 0 Å². The Morgan fingerprint density at radius 1 is 0.886 bits per heavy atom. The first-order valence-electron chi connectivity index (χ1n) is 10.2. The number of para-hydroxylation sites is 2. The van der Waals surface area contributed by atoms with Crippen molar-refractivity contribution in [3.63, 3.8) is 0 Å². The SMILES string of the molecule is Cc1ccc(N=Nc2c(O)c(C(=O)Nc3ccccc3[N+](=O)[O-])cc3ccccc23)c([N+](=O)[O-])c1. The molecule has 0 heterocycles. The van der Waals surface area contributed by atoms with Crippen LogP contribution in [0.4, 0.5) is 28.4 Å². The molecule has 4 aromatic rings. The van der Waals surface area contributed by atoms with Crippen molar-refractivity contribution in [1.29, 1.82) is 0 Å². The maximum Gasteiger partial charge on any atom is 0.296 e. The lowest BCUT2D eigenvalue weighted by atomic mass is 10.0. The number of hydrogen-bond acceptors (Lipinski definition) is 8. The first-order valence-corrected chi connectivity index (χ1v) is 10.2. The summed E-state index contributed by atoms with van der Waals surface area (Å²) in [7, 11) is 0. The summed E-state index contributed by atoms with van der Waals surface area (Å²) < 4.78 is 0. The lowest BCUT2D eigenvalue weighted by Gasteiger charge is -2.11. The van der Waals surface area contributed by atoms with Crippen molar-refractivity contribution in [3.05, 3.63) is 104 Å². The van der Waals surface area contributed by atoms with Crippen LogP contribution in [0.3, 0.4) is 0 Å². The Kier molecular flexibility index (Phi) is 6.14. The smallest absolute Gasteiger partial charge is 0.296 e. The number of rotatable bonds is 6.